The Labute approximate surface area is 232 Å². The Kier molecular flexibility index (Phi) is 5.69. The molecule has 1 saturated heterocycles. The van der Waals surface area contributed by atoms with Crippen molar-refractivity contribution in [3.8, 4) is 5.69 Å². The summed E-state index contributed by atoms with van der Waals surface area (Å²) in [5.74, 6) is 0.0519. The van der Waals surface area contributed by atoms with E-state index in [0.717, 1.165) is 34.1 Å². The van der Waals surface area contributed by atoms with Crippen LogP contribution in [0.25, 0.3) is 16.6 Å². The van der Waals surface area contributed by atoms with Crippen LogP contribution in [0.3, 0.4) is 0 Å². The SMILES string of the molecule is CCCn1ncc(S(=O)(=O)N2C[C@@H]3[C@@H](c4ccccc4)[C@]3(c3cc4cnn(-c5ccc(F)cc5)c4cc3C)C2)n1. The molecule has 0 radical (unpaired) electrons. The molecule has 3 aromatic carbocycles. The Morgan fingerprint density at radius 1 is 1.02 bits per heavy atom. The minimum atomic E-state index is -3.79. The number of fused-ring (bicyclic) bond motifs is 2. The van der Waals surface area contributed by atoms with Gasteiger partial charge in [-0.3, -0.25) is 0 Å². The minimum absolute atomic E-state index is 0.00130. The zero-order valence-electron chi connectivity index (χ0n) is 22.3. The molecule has 2 aromatic heterocycles. The number of hydrogen-bond donors (Lipinski definition) is 0. The van der Waals surface area contributed by atoms with E-state index >= 15 is 0 Å². The van der Waals surface area contributed by atoms with Gasteiger partial charge in [0.2, 0.25) is 5.03 Å². The number of benzene rings is 3. The molecule has 3 atom stereocenters. The first-order valence-corrected chi connectivity index (χ1v) is 15.0. The molecule has 1 aliphatic carbocycles. The Morgan fingerprint density at radius 3 is 2.55 bits per heavy atom. The highest BCUT2D eigenvalue weighted by Gasteiger charge is 2.71. The Bertz CT molecular complexity index is 1830. The molecule has 1 aliphatic heterocycles. The van der Waals surface area contributed by atoms with Gasteiger partial charge in [-0.15, -0.1) is 5.10 Å². The van der Waals surface area contributed by atoms with Crippen molar-refractivity contribution in [2.45, 2.75) is 43.2 Å². The number of aryl methyl sites for hydroxylation is 2. The summed E-state index contributed by atoms with van der Waals surface area (Å²) in [7, 11) is -3.79. The van der Waals surface area contributed by atoms with Gasteiger partial charge in [0.1, 0.15) is 5.82 Å². The predicted molar refractivity (Wildman–Crippen MR) is 149 cm³/mol. The van der Waals surface area contributed by atoms with Gasteiger partial charge < -0.3 is 0 Å². The van der Waals surface area contributed by atoms with Crippen LogP contribution in [0.5, 0.6) is 0 Å². The molecule has 0 spiro atoms. The van der Waals surface area contributed by atoms with Gasteiger partial charge in [-0.2, -0.15) is 19.3 Å². The van der Waals surface area contributed by atoms with Crippen molar-refractivity contribution in [3.05, 3.63) is 102 Å². The summed E-state index contributed by atoms with van der Waals surface area (Å²) in [6, 6.07) is 20.9. The standard InChI is InChI=1S/C30H29FN6O2S/c1-3-13-36-32-17-28(34-36)40(38,39)35-18-26-29(21-7-5-4-6-8-21)30(26,19-35)25-15-22-16-33-37(27(22)14-20(25)2)24-11-9-23(31)10-12-24/h4-12,14-17,26,29H,3,13,18-19H2,1-2H3/t26-,29-,30+/m1/s1. The molecule has 2 fully saturated rings. The van der Waals surface area contributed by atoms with Crippen LogP contribution in [0.4, 0.5) is 4.39 Å². The second-order valence-corrected chi connectivity index (χ2v) is 12.8. The topological polar surface area (TPSA) is 85.9 Å². The third-order valence-corrected chi connectivity index (χ3v) is 10.2. The molecule has 8 nitrogen and oxygen atoms in total. The van der Waals surface area contributed by atoms with Gasteiger partial charge in [0, 0.05) is 29.8 Å². The molecule has 0 N–H and O–H groups in total. The van der Waals surface area contributed by atoms with Crippen molar-refractivity contribution >= 4 is 20.9 Å². The molecular formula is C30H29FN6O2S. The number of piperidine rings is 1. The van der Waals surface area contributed by atoms with Crippen molar-refractivity contribution in [2.75, 3.05) is 13.1 Å². The fourth-order valence-corrected chi connectivity index (χ4v) is 8.09. The number of aromatic nitrogens is 5. The Morgan fingerprint density at radius 2 is 1.80 bits per heavy atom. The Balaban J connectivity index is 1.30. The predicted octanol–water partition coefficient (Wildman–Crippen LogP) is 4.83. The molecule has 1 saturated carbocycles. The number of sulfonamides is 1. The van der Waals surface area contributed by atoms with Crippen LogP contribution < -0.4 is 0 Å². The maximum absolute atomic E-state index is 13.7. The summed E-state index contributed by atoms with van der Waals surface area (Å²) in [6.07, 6.45) is 4.00. The summed E-state index contributed by atoms with van der Waals surface area (Å²) >= 11 is 0. The number of rotatable bonds is 7. The zero-order chi connectivity index (χ0) is 27.6. The van der Waals surface area contributed by atoms with E-state index in [1.165, 1.54) is 28.7 Å². The normalized spacial score (nSPS) is 22.6. The maximum Gasteiger partial charge on any atom is 0.264 e. The fraction of sp³-hybridized carbons (Fsp3) is 0.300. The molecule has 204 valence electrons. The lowest BCUT2D eigenvalue weighted by atomic mass is 9.87. The van der Waals surface area contributed by atoms with Crippen molar-refractivity contribution in [1.29, 1.82) is 0 Å². The van der Waals surface area contributed by atoms with E-state index in [-0.39, 0.29) is 28.1 Å². The lowest BCUT2D eigenvalue weighted by molar-refractivity contribution is 0.417. The highest BCUT2D eigenvalue weighted by molar-refractivity contribution is 7.89. The van der Waals surface area contributed by atoms with Crippen LogP contribution in [0.15, 0.2) is 84.1 Å². The minimum Gasteiger partial charge on any atom is -0.233 e. The molecule has 7 rings (SSSR count). The van der Waals surface area contributed by atoms with Crippen molar-refractivity contribution in [2.24, 2.45) is 5.92 Å². The molecule has 0 amide bonds. The van der Waals surface area contributed by atoms with Crippen LogP contribution in [0.2, 0.25) is 0 Å². The van der Waals surface area contributed by atoms with E-state index in [9.17, 15) is 12.8 Å². The smallest absolute Gasteiger partial charge is 0.233 e. The zero-order valence-corrected chi connectivity index (χ0v) is 23.1. The summed E-state index contributed by atoms with van der Waals surface area (Å²) in [5, 5.41) is 14.0. The number of nitrogens with zero attached hydrogens (tertiary/aromatic N) is 6. The van der Waals surface area contributed by atoms with Gasteiger partial charge in [0.25, 0.3) is 10.0 Å². The molecule has 5 aromatic rings. The fourth-order valence-electron chi connectivity index (χ4n) is 6.71. The van der Waals surface area contributed by atoms with Gasteiger partial charge in [-0.25, -0.2) is 17.5 Å². The van der Waals surface area contributed by atoms with E-state index < -0.39 is 10.0 Å². The first kappa shape index (κ1) is 25.1. The van der Waals surface area contributed by atoms with Crippen LogP contribution in [0.1, 0.15) is 36.0 Å². The highest BCUT2D eigenvalue weighted by atomic mass is 32.2. The van der Waals surface area contributed by atoms with E-state index in [1.807, 2.05) is 36.0 Å². The quantitative estimate of drug-likeness (QED) is 0.287. The number of halogens is 1. The van der Waals surface area contributed by atoms with Crippen molar-refractivity contribution in [3.63, 3.8) is 0 Å². The van der Waals surface area contributed by atoms with Gasteiger partial charge in [0.15, 0.2) is 0 Å². The van der Waals surface area contributed by atoms with Gasteiger partial charge in [-0.1, -0.05) is 37.3 Å². The average Bonchev–Trinajstić information content (AvgIpc) is 3.40. The van der Waals surface area contributed by atoms with Crippen LogP contribution in [-0.2, 0) is 22.0 Å². The van der Waals surface area contributed by atoms with Crippen LogP contribution in [-0.4, -0.2) is 50.6 Å². The average molecular weight is 557 g/mol. The van der Waals surface area contributed by atoms with E-state index in [0.29, 0.717) is 19.6 Å². The second kappa shape index (κ2) is 9.07. The summed E-state index contributed by atoms with van der Waals surface area (Å²) in [6.45, 7) is 5.45. The summed E-state index contributed by atoms with van der Waals surface area (Å²) in [4.78, 5) is 1.45. The van der Waals surface area contributed by atoms with Crippen molar-refractivity contribution < 1.29 is 12.8 Å². The molecule has 0 unspecified atom stereocenters. The summed E-state index contributed by atoms with van der Waals surface area (Å²) in [5.41, 5.74) is 4.79. The van der Waals surface area contributed by atoms with E-state index in [4.69, 9.17) is 0 Å². The lowest BCUT2D eigenvalue weighted by Crippen LogP contribution is -2.35. The van der Waals surface area contributed by atoms with Gasteiger partial charge in [0.05, 0.1) is 30.1 Å². The largest absolute Gasteiger partial charge is 0.264 e. The molecule has 40 heavy (non-hydrogen) atoms. The number of hydrogen-bond acceptors (Lipinski definition) is 5. The van der Waals surface area contributed by atoms with Crippen LogP contribution >= 0.6 is 0 Å². The second-order valence-electron chi connectivity index (χ2n) is 10.9. The molecule has 3 heterocycles. The van der Waals surface area contributed by atoms with Crippen LogP contribution in [0, 0.1) is 18.7 Å². The summed E-state index contributed by atoms with van der Waals surface area (Å²) < 4.78 is 44.3. The van der Waals surface area contributed by atoms with Gasteiger partial charge >= 0.3 is 0 Å². The molecule has 2 aliphatic rings. The first-order chi connectivity index (χ1) is 19.3. The first-order valence-electron chi connectivity index (χ1n) is 13.5. The van der Waals surface area contributed by atoms with Gasteiger partial charge in [-0.05, 0) is 72.4 Å². The Hall–Kier alpha value is -3.89. The van der Waals surface area contributed by atoms with E-state index in [1.54, 1.807) is 16.4 Å². The monoisotopic (exact) mass is 556 g/mol. The molecule has 0 bridgehead atoms. The highest BCUT2D eigenvalue weighted by Crippen LogP contribution is 2.70. The van der Waals surface area contributed by atoms with Crippen molar-refractivity contribution in [1.82, 2.24) is 29.1 Å². The lowest BCUT2D eigenvalue weighted by Gasteiger charge is -2.24. The third kappa shape index (κ3) is 3.73. The van der Waals surface area contributed by atoms with E-state index in [2.05, 4.69) is 46.5 Å². The molecular weight excluding hydrogens is 527 g/mol. The third-order valence-electron chi connectivity index (χ3n) is 8.54. The maximum atomic E-state index is 13.7. The molecule has 10 heteroatoms.